The van der Waals surface area contributed by atoms with E-state index in [1.54, 1.807) is 8.61 Å². The highest BCUT2D eigenvalue weighted by molar-refractivity contribution is 7.86. The van der Waals surface area contributed by atoms with Crippen LogP contribution in [0.5, 0.6) is 0 Å². The fourth-order valence-corrected chi connectivity index (χ4v) is 5.07. The first kappa shape index (κ1) is 15.2. The summed E-state index contributed by atoms with van der Waals surface area (Å²) in [5.74, 6) is 0.0984. The summed E-state index contributed by atoms with van der Waals surface area (Å²) in [6.45, 7) is 6.63. The van der Waals surface area contributed by atoms with E-state index in [1.807, 2.05) is 0 Å². The van der Waals surface area contributed by atoms with E-state index in [9.17, 15) is 13.5 Å². The first-order chi connectivity index (χ1) is 8.85. The maximum absolute atomic E-state index is 12.7. The molecule has 2 saturated heterocycles. The molecule has 0 aromatic rings. The van der Waals surface area contributed by atoms with Crippen molar-refractivity contribution in [2.24, 2.45) is 11.3 Å². The van der Waals surface area contributed by atoms with Crippen LogP contribution in [0.1, 0.15) is 39.5 Å². The van der Waals surface area contributed by atoms with E-state index in [2.05, 4.69) is 13.8 Å². The number of piperidine rings is 2. The first-order valence-corrected chi connectivity index (χ1v) is 8.61. The number of aliphatic hydroxyl groups excluding tert-OH is 1. The highest BCUT2D eigenvalue weighted by Crippen LogP contribution is 2.31. The maximum atomic E-state index is 12.7. The third-order valence-electron chi connectivity index (χ3n) is 4.26. The Balaban J connectivity index is 2.08. The van der Waals surface area contributed by atoms with Crippen molar-refractivity contribution >= 4 is 10.2 Å². The van der Waals surface area contributed by atoms with Gasteiger partial charge in [0.15, 0.2) is 0 Å². The zero-order chi connectivity index (χ0) is 14.1. The SMILES string of the molecule is CC1(C)CCCN(S(=O)(=O)N2CCCC(CO)C2)C1. The monoisotopic (exact) mass is 290 g/mol. The van der Waals surface area contributed by atoms with E-state index in [4.69, 9.17) is 0 Å². The van der Waals surface area contributed by atoms with Crippen molar-refractivity contribution in [1.29, 1.82) is 0 Å². The molecule has 1 unspecified atom stereocenters. The minimum Gasteiger partial charge on any atom is -0.396 e. The number of rotatable bonds is 3. The van der Waals surface area contributed by atoms with Gasteiger partial charge in [0, 0.05) is 32.8 Å². The van der Waals surface area contributed by atoms with Gasteiger partial charge in [-0.1, -0.05) is 13.8 Å². The van der Waals surface area contributed by atoms with Gasteiger partial charge in [0.1, 0.15) is 0 Å². The van der Waals surface area contributed by atoms with Crippen molar-refractivity contribution in [3.8, 4) is 0 Å². The summed E-state index contributed by atoms with van der Waals surface area (Å²) in [7, 11) is -3.34. The summed E-state index contributed by atoms with van der Waals surface area (Å²) in [5, 5.41) is 9.23. The van der Waals surface area contributed by atoms with Crippen LogP contribution in [0.2, 0.25) is 0 Å². The van der Waals surface area contributed by atoms with Crippen LogP contribution in [0.15, 0.2) is 0 Å². The quantitative estimate of drug-likeness (QED) is 0.845. The molecule has 2 heterocycles. The molecule has 2 rings (SSSR count). The van der Waals surface area contributed by atoms with Crippen LogP contribution in [-0.4, -0.2) is 54.9 Å². The summed E-state index contributed by atoms with van der Waals surface area (Å²) in [6.07, 6.45) is 3.79. The van der Waals surface area contributed by atoms with Crippen LogP contribution in [0, 0.1) is 11.3 Å². The minimum atomic E-state index is -3.34. The molecule has 0 aliphatic carbocycles. The third-order valence-corrected chi connectivity index (χ3v) is 6.21. The Morgan fingerprint density at radius 1 is 1.21 bits per heavy atom. The van der Waals surface area contributed by atoms with E-state index in [1.165, 1.54) is 0 Å². The predicted octanol–water partition coefficient (Wildman–Crippen LogP) is 1.06. The third kappa shape index (κ3) is 3.48. The summed E-state index contributed by atoms with van der Waals surface area (Å²) in [5.41, 5.74) is 0.0670. The van der Waals surface area contributed by atoms with Gasteiger partial charge in [-0.05, 0) is 37.0 Å². The highest BCUT2D eigenvalue weighted by atomic mass is 32.2. The molecule has 19 heavy (non-hydrogen) atoms. The molecule has 0 spiro atoms. The number of aliphatic hydroxyl groups is 1. The second-order valence-electron chi connectivity index (χ2n) is 6.66. The predicted molar refractivity (Wildman–Crippen MR) is 74.9 cm³/mol. The standard InChI is InChI=1S/C13H26N2O3S/c1-13(2)6-4-8-15(11-13)19(17,18)14-7-3-5-12(9-14)10-16/h12,16H,3-11H2,1-2H3. The van der Waals surface area contributed by atoms with Gasteiger partial charge in [0.05, 0.1) is 0 Å². The normalized spacial score (nSPS) is 30.4. The number of hydrogen-bond acceptors (Lipinski definition) is 3. The van der Waals surface area contributed by atoms with Gasteiger partial charge < -0.3 is 5.11 Å². The Morgan fingerprint density at radius 2 is 1.89 bits per heavy atom. The van der Waals surface area contributed by atoms with Gasteiger partial charge in [0.2, 0.25) is 0 Å². The zero-order valence-electron chi connectivity index (χ0n) is 12.0. The molecule has 2 aliphatic rings. The topological polar surface area (TPSA) is 60.9 Å². The Hall–Kier alpha value is -0.170. The van der Waals surface area contributed by atoms with Gasteiger partial charge in [-0.15, -0.1) is 0 Å². The molecule has 1 N–H and O–H groups in total. The maximum Gasteiger partial charge on any atom is 0.282 e. The molecule has 1 atom stereocenters. The Morgan fingerprint density at radius 3 is 2.53 bits per heavy atom. The summed E-state index contributed by atoms with van der Waals surface area (Å²) in [6, 6.07) is 0. The second-order valence-corrected chi connectivity index (χ2v) is 8.59. The van der Waals surface area contributed by atoms with Crippen molar-refractivity contribution in [2.45, 2.75) is 39.5 Å². The van der Waals surface area contributed by atoms with Crippen LogP contribution in [0.3, 0.4) is 0 Å². The van der Waals surface area contributed by atoms with Gasteiger partial charge in [-0.3, -0.25) is 0 Å². The van der Waals surface area contributed by atoms with Crippen LogP contribution >= 0.6 is 0 Å². The van der Waals surface area contributed by atoms with Crippen molar-refractivity contribution in [2.75, 3.05) is 32.8 Å². The van der Waals surface area contributed by atoms with Crippen LogP contribution in [0.25, 0.3) is 0 Å². The van der Waals surface area contributed by atoms with Crippen LogP contribution in [0.4, 0.5) is 0 Å². The summed E-state index contributed by atoms with van der Waals surface area (Å²) in [4.78, 5) is 0. The number of nitrogens with zero attached hydrogens (tertiary/aromatic N) is 2. The van der Waals surface area contributed by atoms with Crippen molar-refractivity contribution in [3.63, 3.8) is 0 Å². The average Bonchev–Trinajstić information content (AvgIpc) is 2.37. The highest BCUT2D eigenvalue weighted by Gasteiger charge is 2.38. The average molecular weight is 290 g/mol. The van der Waals surface area contributed by atoms with Crippen LogP contribution < -0.4 is 0 Å². The Bertz CT molecular complexity index is 408. The summed E-state index contributed by atoms with van der Waals surface area (Å²) >= 11 is 0. The molecule has 2 fully saturated rings. The molecule has 0 saturated carbocycles. The lowest BCUT2D eigenvalue weighted by atomic mass is 9.85. The molecule has 0 aromatic heterocycles. The zero-order valence-corrected chi connectivity index (χ0v) is 12.8. The molecule has 5 nitrogen and oxygen atoms in total. The lowest BCUT2D eigenvalue weighted by Gasteiger charge is -2.41. The van der Waals surface area contributed by atoms with Gasteiger partial charge in [-0.2, -0.15) is 17.0 Å². The Labute approximate surface area is 116 Å². The summed E-state index contributed by atoms with van der Waals surface area (Å²) < 4.78 is 28.5. The number of hydrogen-bond donors (Lipinski definition) is 1. The molecule has 0 bridgehead atoms. The van der Waals surface area contributed by atoms with Crippen molar-refractivity contribution in [1.82, 2.24) is 8.61 Å². The van der Waals surface area contributed by atoms with Gasteiger partial charge in [-0.25, -0.2) is 0 Å². The lowest BCUT2D eigenvalue weighted by molar-refractivity contribution is 0.146. The molecular weight excluding hydrogens is 264 g/mol. The van der Waals surface area contributed by atoms with Gasteiger partial charge >= 0.3 is 0 Å². The Kier molecular flexibility index (Phi) is 4.55. The van der Waals surface area contributed by atoms with E-state index in [0.717, 1.165) is 25.7 Å². The van der Waals surface area contributed by atoms with E-state index >= 15 is 0 Å². The molecule has 2 aliphatic heterocycles. The van der Waals surface area contributed by atoms with Crippen molar-refractivity contribution in [3.05, 3.63) is 0 Å². The van der Waals surface area contributed by atoms with E-state index in [-0.39, 0.29) is 17.9 Å². The minimum absolute atomic E-state index is 0.0670. The van der Waals surface area contributed by atoms with Crippen molar-refractivity contribution < 1.29 is 13.5 Å². The fourth-order valence-electron chi connectivity index (χ4n) is 3.12. The second kappa shape index (κ2) is 5.68. The molecule has 0 amide bonds. The van der Waals surface area contributed by atoms with Gasteiger partial charge in [0.25, 0.3) is 10.2 Å². The smallest absolute Gasteiger partial charge is 0.282 e. The lowest BCUT2D eigenvalue weighted by Crippen LogP contribution is -2.52. The van der Waals surface area contributed by atoms with Crippen LogP contribution in [-0.2, 0) is 10.2 Å². The molecule has 0 radical (unpaired) electrons. The van der Waals surface area contributed by atoms with E-state index < -0.39 is 10.2 Å². The first-order valence-electron chi connectivity index (χ1n) is 7.21. The molecular formula is C13H26N2O3S. The molecule has 6 heteroatoms. The molecule has 112 valence electrons. The van der Waals surface area contributed by atoms with E-state index in [0.29, 0.717) is 26.2 Å². The fraction of sp³-hybridized carbons (Fsp3) is 1.00. The largest absolute Gasteiger partial charge is 0.396 e. The molecule has 0 aromatic carbocycles.